The molecule has 1 aromatic rings. The van der Waals surface area contributed by atoms with Crippen molar-refractivity contribution in [2.75, 3.05) is 26.4 Å². The first-order valence-electron chi connectivity index (χ1n) is 8.06. The average molecular weight is 323 g/mol. The van der Waals surface area contributed by atoms with Crippen molar-refractivity contribution in [3.63, 3.8) is 0 Å². The molecule has 1 N–H and O–H groups in total. The standard InChI is InChI=1S/C17H29N3O3/c1-13(12-22-8-9-23-17(3,4)5)6-7-18-16(21)15-19-10-14(2)11-20-15/h10-11,13H,6-9,12H2,1-5H3,(H,18,21). The molecule has 1 heterocycles. The van der Waals surface area contributed by atoms with E-state index < -0.39 is 0 Å². The van der Waals surface area contributed by atoms with Crippen LogP contribution in [-0.4, -0.2) is 47.8 Å². The lowest BCUT2D eigenvalue weighted by Gasteiger charge is -2.19. The van der Waals surface area contributed by atoms with Crippen LogP contribution in [0.4, 0.5) is 0 Å². The van der Waals surface area contributed by atoms with Crippen LogP contribution in [0.5, 0.6) is 0 Å². The molecular formula is C17H29N3O3. The van der Waals surface area contributed by atoms with Crippen molar-refractivity contribution in [1.29, 1.82) is 0 Å². The topological polar surface area (TPSA) is 73.3 Å². The molecule has 0 aromatic carbocycles. The number of carbonyl (C=O) groups is 1. The average Bonchev–Trinajstić information content (AvgIpc) is 2.46. The van der Waals surface area contributed by atoms with Crippen LogP contribution < -0.4 is 5.32 Å². The van der Waals surface area contributed by atoms with Crippen molar-refractivity contribution in [2.24, 2.45) is 5.92 Å². The molecule has 1 unspecified atom stereocenters. The number of ether oxygens (including phenoxy) is 2. The van der Waals surface area contributed by atoms with Crippen molar-refractivity contribution < 1.29 is 14.3 Å². The molecule has 0 saturated heterocycles. The van der Waals surface area contributed by atoms with Gasteiger partial charge in [0.1, 0.15) is 0 Å². The second-order valence-electron chi connectivity index (χ2n) is 6.77. The van der Waals surface area contributed by atoms with Gasteiger partial charge in [-0.3, -0.25) is 4.79 Å². The maximum absolute atomic E-state index is 11.8. The Kier molecular flexibility index (Phi) is 8.12. The smallest absolute Gasteiger partial charge is 0.289 e. The van der Waals surface area contributed by atoms with E-state index >= 15 is 0 Å². The third-order valence-electron chi connectivity index (χ3n) is 3.07. The van der Waals surface area contributed by atoms with Crippen LogP contribution in [0, 0.1) is 12.8 Å². The quantitative estimate of drug-likeness (QED) is 0.706. The number of aryl methyl sites for hydroxylation is 1. The Bertz CT molecular complexity index is 469. The molecule has 130 valence electrons. The van der Waals surface area contributed by atoms with Crippen LogP contribution in [0.15, 0.2) is 12.4 Å². The number of hydrogen-bond donors (Lipinski definition) is 1. The van der Waals surface area contributed by atoms with E-state index in [1.165, 1.54) is 0 Å². The van der Waals surface area contributed by atoms with Gasteiger partial charge >= 0.3 is 0 Å². The predicted molar refractivity (Wildman–Crippen MR) is 89.4 cm³/mol. The summed E-state index contributed by atoms with van der Waals surface area (Å²) in [5.41, 5.74) is 0.805. The van der Waals surface area contributed by atoms with Gasteiger partial charge in [-0.2, -0.15) is 0 Å². The van der Waals surface area contributed by atoms with Crippen molar-refractivity contribution in [3.8, 4) is 0 Å². The largest absolute Gasteiger partial charge is 0.379 e. The van der Waals surface area contributed by atoms with Gasteiger partial charge in [-0.25, -0.2) is 9.97 Å². The molecule has 0 aliphatic rings. The van der Waals surface area contributed by atoms with Crippen molar-refractivity contribution in [3.05, 3.63) is 23.8 Å². The molecule has 0 radical (unpaired) electrons. The van der Waals surface area contributed by atoms with E-state index in [0.717, 1.165) is 12.0 Å². The minimum atomic E-state index is -0.239. The van der Waals surface area contributed by atoms with E-state index in [2.05, 4.69) is 22.2 Å². The number of amides is 1. The van der Waals surface area contributed by atoms with Gasteiger partial charge in [-0.15, -0.1) is 0 Å². The summed E-state index contributed by atoms with van der Waals surface area (Å²) in [4.78, 5) is 19.9. The van der Waals surface area contributed by atoms with Crippen LogP contribution >= 0.6 is 0 Å². The number of rotatable bonds is 9. The lowest BCUT2D eigenvalue weighted by molar-refractivity contribution is -0.0387. The van der Waals surface area contributed by atoms with Crippen molar-refractivity contribution in [2.45, 2.75) is 46.6 Å². The minimum absolute atomic E-state index is 0.128. The van der Waals surface area contributed by atoms with E-state index in [1.807, 2.05) is 27.7 Å². The fourth-order valence-electron chi connectivity index (χ4n) is 1.80. The van der Waals surface area contributed by atoms with E-state index in [0.29, 0.717) is 32.3 Å². The SMILES string of the molecule is Cc1cnc(C(=O)NCCC(C)COCCOC(C)(C)C)nc1. The molecule has 1 atom stereocenters. The summed E-state index contributed by atoms with van der Waals surface area (Å²) in [5.74, 6) is 0.333. The molecule has 0 saturated carbocycles. The zero-order valence-corrected chi connectivity index (χ0v) is 14.9. The highest BCUT2D eigenvalue weighted by atomic mass is 16.5. The van der Waals surface area contributed by atoms with Gasteiger partial charge in [-0.05, 0) is 45.6 Å². The zero-order chi connectivity index (χ0) is 17.3. The molecule has 1 amide bonds. The number of aromatic nitrogens is 2. The van der Waals surface area contributed by atoms with Crippen LogP contribution in [0.1, 0.15) is 50.3 Å². The molecule has 0 bridgehead atoms. The first-order valence-corrected chi connectivity index (χ1v) is 8.06. The van der Waals surface area contributed by atoms with Gasteiger partial charge in [0.05, 0.1) is 18.8 Å². The molecular weight excluding hydrogens is 294 g/mol. The van der Waals surface area contributed by atoms with Gasteiger partial charge in [0.25, 0.3) is 5.91 Å². The Labute approximate surface area is 139 Å². The van der Waals surface area contributed by atoms with Gasteiger partial charge in [0, 0.05) is 25.5 Å². The lowest BCUT2D eigenvalue weighted by atomic mass is 10.1. The molecule has 0 fully saturated rings. The summed E-state index contributed by atoms with van der Waals surface area (Å²) >= 11 is 0. The van der Waals surface area contributed by atoms with E-state index in [-0.39, 0.29) is 17.3 Å². The Hall–Kier alpha value is -1.53. The molecule has 1 rings (SSSR count). The lowest BCUT2D eigenvalue weighted by Crippen LogP contribution is -2.28. The summed E-state index contributed by atoms with van der Waals surface area (Å²) in [5, 5.41) is 2.83. The minimum Gasteiger partial charge on any atom is -0.379 e. The van der Waals surface area contributed by atoms with E-state index in [9.17, 15) is 4.79 Å². The summed E-state index contributed by atoms with van der Waals surface area (Å²) in [7, 11) is 0. The third kappa shape index (κ3) is 9.25. The summed E-state index contributed by atoms with van der Waals surface area (Å²) < 4.78 is 11.2. The van der Waals surface area contributed by atoms with Crippen LogP contribution in [-0.2, 0) is 9.47 Å². The first-order chi connectivity index (χ1) is 10.8. The molecule has 0 aliphatic carbocycles. The highest BCUT2D eigenvalue weighted by Gasteiger charge is 2.11. The number of nitrogens with zero attached hydrogens (tertiary/aromatic N) is 2. The van der Waals surface area contributed by atoms with Crippen molar-refractivity contribution in [1.82, 2.24) is 15.3 Å². The van der Waals surface area contributed by atoms with Gasteiger partial charge < -0.3 is 14.8 Å². The Morgan fingerprint density at radius 2 is 1.91 bits per heavy atom. The Balaban J connectivity index is 2.10. The van der Waals surface area contributed by atoms with Crippen LogP contribution in [0.3, 0.4) is 0 Å². The molecule has 23 heavy (non-hydrogen) atoms. The van der Waals surface area contributed by atoms with E-state index in [1.54, 1.807) is 12.4 Å². The maximum atomic E-state index is 11.8. The maximum Gasteiger partial charge on any atom is 0.289 e. The Morgan fingerprint density at radius 1 is 1.26 bits per heavy atom. The summed E-state index contributed by atoms with van der Waals surface area (Å²) in [6, 6.07) is 0. The third-order valence-corrected chi connectivity index (χ3v) is 3.07. The fraction of sp³-hybridized carbons (Fsp3) is 0.706. The second-order valence-corrected chi connectivity index (χ2v) is 6.77. The fourth-order valence-corrected chi connectivity index (χ4v) is 1.80. The predicted octanol–water partition coefficient (Wildman–Crippen LogP) is 2.37. The molecule has 0 aliphatic heterocycles. The van der Waals surface area contributed by atoms with Crippen LogP contribution in [0.25, 0.3) is 0 Å². The normalized spacial score (nSPS) is 12.9. The highest BCUT2D eigenvalue weighted by molar-refractivity contribution is 5.90. The molecule has 6 heteroatoms. The number of carbonyl (C=O) groups excluding carboxylic acids is 1. The van der Waals surface area contributed by atoms with Gasteiger partial charge in [0.15, 0.2) is 0 Å². The number of hydrogen-bond acceptors (Lipinski definition) is 5. The van der Waals surface area contributed by atoms with Crippen molar-refractivity contribution >= 4 is 5.91 Å². The van der Waals surface area contributed by atoms with Crippen LogP contribution in [0.2, 0.25) is 0 Å². The molecule has 0 spiro atoms. The summed E-state index contributed by atoms with van der Waals surface area (Å²) in [6.07, 6.45) is 4.12. The second kappa shape index (κ2) is 9.57. The highest BCUT2D eigenvalue weighted by Crippen LogP contribution is 2.06. The Morgan fingerprint density at radius 3 is 2.52 bits per heavy atom. The zero-order valence-electron chi connectivity index (χ0n) is 14.9. The monoisotopic (exact) mass is 323 g/mol. The first kappa shape index (κ1) is 19.5. The van der Waals surface area contributed by atoms with Gasteiger partial charge in [0.2, 0.25) is 5.82 Å². The van der Waals surface area contributed by atoms with Gasteiger partial charge in [-0.1, -0.05) is 6.92 Å². The number of nitrogens with one attached hydrogen (secondary N) is 1. The molecule has 1 aromatic heterocycles. The summed E-state index contributed by atoms with van der Waals surface area (Å²) in [6.45, 7) is 12.5. The van der Waals surface area contributed by atoms with E-state index in [4.69, 9.17) is 9.47 Å². The molecule has 6 nitrogen and oxygen atoms in total.